The first-order valence-electron chi connectivity index (χ1n) is 15.8. The van der Waals surface area contributed by atoms with Crippen molar-refractivity contribution in [1.29, 1.82) is 0 Å². The summed E-state index contributed by atoms with van der Waals surface area (Å²) in [4.78, 5) is 12.5. The maximum Gasteiger partial charge on any atom is 0.402 e. The molecule has 276 valence electrons. The lowest BCUT2D eigenvalue weighted by Crippen LogP contribution is -2.64. The van der Waals surface area contributed by atoms with Gasteiger partial charge in [0.25, 0.3) is 0 Å². The molecule has 0 saturated carbocycles. The zero-order valence-corrected chi connectivity index (χ0v) is 26.9. The van der Waals surface area contributed by atoms with Gasteiger partial charge in [-0.3, -0.25) is 0 Å². The highest BCUT2D eigenvalue weighted by Gasteiger charge is 2.51. The normalized spacial score (nSPS) is 27.8. The van der Waals surface area contributed by atoms with Gasteiger partial charge in [0.15, 0.2) is 23.9 Å². The van der Waals surface area contributed by atoms with Gasteiger partial charge in [-0.1, -0.05) is 12.1 Å². The van der Waals surface area contributed by atoms with Crippen LogP contribution >= 0.6 is 0 Å². The number of aliphatic hydroxyl groups is 5. The summed E-state index contributed by atoms with van der Waals surface area (Å²) >= 11 is 0. The molecule has 2 aliphatic rings. The van der Waals surface area contributed by atoms with Crippen LogP contribution in [0.4, 0.5) is 0 Å². The van der Waals surface area contributed by atoms with Gasteiger partial charge in [-0.15, -0.1) is 0 Å². The van der Waals surface area contributed by atoms with E-state index in [0.29, 0.717) is 5.56 Å². The second-order valence-electron chi connectivity index (χ2n) is 12.1. The van der Waals surface area contributed by atoms with E-state index < -0.39 is 91.7 Å². The second kappa shape index (κ2) is 15.2. The van der Waals surface area contributed by atoms with Gasteiger partial charge in [-0.05, 0) is 35.9 Å². The van der Waals surface area contributed by atoms with E-state index >= 15 is 0 Å². The minimum absolute atomic E-state index is 0.0162. The minimum atomic E-state index is -1.90. The summed E-state index contributed by atoms with van der Waals surface area (Å²) in [5.74, 6) is -3.03. The van der Waals surface area contributed by atoms with E-state index in [-0.39, 0.29) is 39.5 Å². The Kier molecular flexibility index (Phi) is 10.7. The van der Waals surface area contributed by atoms with E-state index in [1.54, 1.807) is 12.1 Å². The molecule has 0 aliphatic carbocycles. The molecule has 10 N–H and O–H groups in total. The molecule has 52 heavy (non-hydrogen) atoms. The van der Waals surface area contributed by atoms with Crippen molar-refractivity contribution in [1.82, 2.24) is 0 Å². The average Bonchev–Trinajstić information content (AvgIpc) is 3.11. The summed E-state index contributed by atoms with van der Waals surface area (Å²) in [7, 11) is 0. The van der Waals surface area contributed by atoms with Crippen LogP contribution in [0.25, 0.3) is 28.4 Å². The Morgan fingerprint density at radius 1 is 0.788 bits per heavy atom. The number of esters is 1. The second-order valence-corrected chi connectivity index (χ2v) is 12.1. The topological polar surface area (TPSA) is 277 Å². The van der Waals surface area contributed by atoms with Gasteiger partial charge in [0.1, 0.15) is 65.9 Å². The molecule has 17 nitrogen and oxygen atoms in total. The van der Waals surface area contributed by atoms with Gasteiger partial charge in [-0.2, -0.15) is 0 Å². The molecule has 17 heteroatoms. The Bertz CT molecular complexity index is 1930. The van der Waals surface area contributed by atoms with Gasteiger partial charge in [0.2, 0.25) is 12.0 Å². The Morgan fingerprint density at radius 2 is 1.54 bits per heavy atom. The fourth-order valence-corrected chi connectivity index (χ4v) is 5.56. The van der Waals surface area contributed by atoms with Gasteiger partial charge in [0.05, 0.1) is 18.2 Å². The number of carbonyl (C=O) groups excluding carboxylic acids is 1. The lowest BCUT2D eigenvalue weighted by molar-refractivity contribution is -0.345. The van der Waals surface area contributed by atoms with Crippen LogP contribution in [0.5, 0.6) is 34.5 Å². The summed E-state index contributed by atoms with van der Waals surface area (Å²) < 4.78 is 34.5. The molecule has 0 bridgehead atoms. The number of hydrogen-bond donors (Lipinski definition) is 10. The SMILES string of the molecule is O=C(/C=C/c1ccc(O)cc1)OCC1O[C@@H](Oc2cc3c(O)cc(O)cc3[o+]c2-c2ccc(O)c(O)c2)C(O[C@@H]2OC[C@@H](O)C(O)[C@H]2O)C(O)[C@@H]1O. The van der Waals surface area contributed by atoms with Crippen molar-refractivity contribution < 1.29 is 84.0 Å². The van der Waals surface area contributed by atoms with Gasteiger partial charge in [0, 0.05) is 24.3 Å². The third-order valence-electron chi connectivity index (χ3n) is 8.38. The van der Waals surface area contributed by atoms with Crippen LogP contribution in [-0.2, 0) is 23.7 Å². The molecule has 4 unspecified atom stereocenters. The first-order chi connectivity index (χ1) is 24.8. The third-order valence-corrected chi connectivity index (χ3v) is 8.38. The van der Waals surface area contributed by atoms with Gasteiger partial charge < -0.3 is 74.7 Å². The fraction of sp³-hybridized carbons (Fsp3) is 0.314. The van der Waals surface area contributed by atoms with Crippen molar-refractivity contribution in [2.24, 2.45) is 0 Å². The van der Waals surface area contributed by atoms with E-state index in [1.165, 1.54) is 36.4 Å². The number of aromatic hydroxyl groups is 5. The first-order valence-corrected chi connectivity index (χ1v) is 15.8. The maximum absolute atomic E-state index is 12.5. The highest BCUT2D eigenvalue weighted by atomic mass is 16.8. The van der Waals surface area contributed by atoms with Crippen molar-refractivity contribution in [2.45, 2.75) is 55.3 Å². The molecule has 0 spiro atoms. The van der Waals surface area contributed by atoms with Crippen molar-refractivity contribution >= 4 is 23.0 Å². The summed E-state index contributed by atoms with van der Waals surface area (Å²) in [5.41, 5.74) is 0.631. The lowest BCUT2D eigenvalue weighted by atomic mass is 9.98. The number of phenolic OH excluding ortho intramolecular Hbond substituents is 5. The molecule has 0 amide bonds. The smallest absolute Gasteiger partial charge is 0.402 e. The predicted molar refractivity (Wildman–Crippen MR) is 175 cm³/mol. The molecule has 4 aromatic rings. The van der Waals surface area contributed by atoms with Gasteiger partial charge >= 0.3 is 17.3 Å². The molecule has 6 rings (SSSR count). The highest BCUT2D eigenvalue weighted by Crippen LogP contribution is 2.42. The van der Waals surface area contributed by atoms with Crippen LogP contribution in [0, 0.1) is 0 Å². The van der Waals surface area contributed by atoms with Crippen LogP contribution in [0.3, 0.4) is 0 Å². The Hall–Kier alpha value is -5.24. The number of carbonyl (C=O) groups is 1. The molecule has 3 heterocycles. The standard InChI is InChI=1S/C35H34O17/c36-17-5-1-15(2-6-17)3-8-27(42)47-14-26-29(44)30(45)33(52-34-31(46)28(43)23(41)13-48-34)35(51-26)50-25-12-19-21(39)10-18(37)11-24(19)49-32(25)16-4-7-20(38)22(40)9-16/h1-12,23,26,28-31,33-35,41,43-46H,13-14H2,(H4-,36,37,38,39,40,42)/p+1/t23-,26?,28?,29-,30?,31-,33?,34+,35-/m1/s1. The van der Waals surface area contributed by atoms with Crippen LogP contribution in [-0.4, -0.2) is 126 Å². The number of fused-ring (bicyclic) bond motifs is 1. The summed E-state index contributed by atoms with van der Waals surface area (Å²) in [6.45, 7) is -1.10. The van der Waals surface area contributed by atoms with Crippen LogP contribution in [0.1, 0.15) is 5.56 Å². The molecule has 2 fully saturated rings. The zero-order chi connectivity index (χ0) is 37.3. The number of rotatable bonds is 9. The number of aliphatic hydroxyl groups excluding tert-OH is 5. The van der Waals surface area contributed by atoms with E-state index in [1.807, 2.05) is 0 Å². The summed E-state index contributed by atoms with van der Waals surface area (Å²) in [6.07, 6.45) is -12.9. The lowest BCUT2D eigenvalue weighted by Gasteiger charge is -2.44. The first kappa shape index (κ1) is 36.5. The summed E-state index contributed by atoms with van der Waals surface area (Å²) in [5, 5.41) is 103. The van der Waals surface area contributed by atoms with E-state index in [9.17, 15) is 55.9 Å². The monoisotopic (exact) mass is 727 g/mol. The molecule has 9 atom stereocenters. The van der Waals surface area contributed by atoms with Crippen molar-refractivity contribution in [3.05, 3.63) is 72.3 Å². The number of hydrogen-bond acceptors (Lipinski definition) is 16. The fourth-order valence-electron chi connectivity index (χ4n) is 5.56. The molecule has 2 aliphatic heterocycles. The average molecular weight is 728 g/mol. The van der Waals surface area contributed by atoms with Crippen LogP contribution in [0.2, 0.25) is 0 Å². The van der Waals surface area contributed by atoms with Crippen molar-refractivity contribution in [3.63, 3.8) is 0 Å². The molecular weight excluding hydrogens is 692 g/mol. The van der Waals surface area contributed by atoms with E-state index in [4.69, 9.17) is 28.1 Å². The summed E-state index contributed by atoms with van der Waals surface area (Å²) in [6, 6.07) is 13.0. The highest BCUT2D eigenvalue weighted by molar-refractivity contribution is 5.89. The van der Waals surface area contributed by atoms with Gasteiger partial charge in [-0.25, -0.2) is 9.21 Å². The Balaban J connectivity index is 1.33. The molecule has 0 radical (unpaired) electrons. The minimum Gasteiger partial charge on any atom is -0.508 e. The molecule has 3 aromatic carbocycles. The Labute approximate surface area is 293 Å². The van der Waals surface area contributed by atoms with Crippen molar-refractivity contribution in [3.8, 4) is 45.8 Å². The maximum atomic E-state index is 12.5. The Morgan fingerprint density at radius 3 is 2.27 bits per heavy atom. The quantitative estimate of drug-likeness (QED) is 0.0494. The van der Waals surface area contributed by atoms with E-state index in [0.717, 1.165) is 24.3 Å². The molecular formula is C35H35O17+. The number of benzene rings is 3. The largest absolute Gasteiger partial charge is 0.508 e. The third kappa shape index (κ3) is 7.81. The van der Waals surface area contributed by atoms with Crippen LogP contribution in [0.15, 0.2) is 71.2 Å². The zero-order valence-electron chi connectivity index (χ0n) is 26.9. The van der Waals surface area contributed by atoms with E-state index in [2.05, 4.69) is 0 Å². The molecule has 1 aromatic heterocycles. The molecule has 2 saturated heterocycles. The van der Waals surface area contributed by atoms with Crippen molar-refractivity contribution in [2.75, 3.05) is 13.2 Å². The number of phenols is 5. The van der Waals surface area contributed by atoms with Crippen LogP contribution < -0.4 is 4.74 Å². The number of ether oxygens (including phenoxy) is 5. The predicted octanol–water partition coefficient (Wildman–Crippen LogP) is 0.815.